The van der Waals surface area contributed by atoms with Gasteiger partial charge in [0.15, 0.2) is 0 Å². The van der Waals surface area contributed by atoms with Gasteiger partial charge in [-0.15, -0.1) is 0 Å². The van der Waals surface area contributed by atoms with Crippen molar-refractivity contribution >= 4 is 21.7 Å². The first-order valence-electron chi connectivity index (χ1n) is 5.88. The summed E-state index contributed by atoms with van der Waals surface area (Å²) in [6.45, 7) is 3.38. The number of Topliss-reactive ketones (excluding diaryl/α,β-unsaturated/α-hetero) is 1. The van der Waals surface area contributed by atoms with Crippen LogP contribution in [0.15, 0.2) is 10.7 Å². The molecule has 2 unspecified atom stereocenters. The number of ether oxygens (including phenoxy) is 1. The molecule has 1 fully saturated rings. The van der Waals surface area contributed by atoms with Gasteiger partial charge in [-0.05, 0) is 22.4 Å². The van der Waals surface area contributed by atoms with Crippen molar-refractivity contribution in [1.29, 1.82) is 0 Å². The van der Waals surface area contributed by atoms with E-state index in [-0.39, 0.29) is 11.8 Å². The Kier molecular flexibility index (Phi) is 3.99. The van der Waals surface area contributed by atoms with E-state index < -0.39 is 0 Å². The fourth-order valence-corrected chi connectivity index (χ4v) is 3.06. The lowest BCUT2D eigenvalue weighted by Gasteiger charge is -2.17. The lowest BCUT2D eigenvalue weighted by molar-refractivity contribution is -0.120. The zero-order valence-electron chi connectivity index (χ0n) is 10.1. The van der Waals surface area contributed by atoms with Gasteiger partial charge in [-0.3, -0.25) is 9.48 Å². The van der Waals surface area contributed by atoms with Crippen molar-refractivity contribution in [2.24, 2.45) is 5.92 Å². The molecular weight excluding hydrogens is 284 g/mol. The van der Waals surface area contributed by atoms with E-state index in [0.717, 1.165) is 23.1 Å². The molecule has 1 heterocycles. The van der Waals surface area contributed by atoms with E-state index in [0.29, 0.717) is 18.8 Å². The van der Waals surface area contributed by atoms with Crippen LogP contribution in [0, 0.1) is 5.92 Å². The number of carbonyl (C=O) groups is 1. The molecule has 0 amide bonds. The lowest BCUT2D eigenvalue weighted by Crippen LogP contribution is -2.16. The standard InChI is InChI=1S/C12H17BrN2O2/c1-8-9(3-4-11(8)16)12-10(13)7-14-15(12)5-6-17-2/h7-9H,3-6H2,1-2H3. The van der Waals surface area contributed by atoms with Crippen LogP contribution in [0.25, 0.3) is 0 Å². The average Bonchev–Trinajstić information content (AvgIpc) is 2.82. The summed E-state index contributed by atoms with van der Waals surface area (Å²) in [6.07, 6.45) is 3.42. The molecule has 2 atom stereocenters. The fraction of sp³-hybridized carbons (Fsp3) is 0.667. The smallest absolute Gasteiger partial charge is 0.136 e. The molecule has 0 N–H and O–H groups in total. The van der Waals surface area contributed by atoms with Gasteiger partial charge >= 0.3 is 0 Å². The molecule has 4 nitrogen and oxygen atoms in total. The molecule has 1 aromatic rings. The summed E-state index contributed by atoms with van der Waals surface area (Å²) < 4.78 is 8.03. The zero-order chi connectivity index (χ0) is 12.4. The van der Waals surface area contributed by atoms with Gasteiger partial charge in [-0.2, -0.15) is 5.10 Å². The highest BCUT2D eigenvalue weighted by Gasteiger charge is 2.35. The van der Waals surface area contributed by atoms with Gasteiger partial charge in [0.2, 0.25) is 0 Å². The molecule has 0 spiro atoms. The maximum absolute atomic E-state index is 11.6. The molecule has 94 valence electrons. The number of nitrogens with zero attached hydrogens (tertiary/aromatic N) is 2. The highest BCUT2D eigenvalue weighted by molar-refractivity contribution is 9.10. The molecule has 1 saturated carbocycles. The van der Waals surface area contributed by atoms with Crippen molar-refractivity contribution in [3.05, 3.63) is 16.4 Å². The van der Waals surface area contributed by atoms with E-state index in [1.807, 2.05) is 11.6 Å². The summed E-state index contributed by atoms with van der Waals surface area (Å²) >= 11 is 3.53. The Morgan fingerprint density at radius 3 is 3.00 bits per heavy atom. The molecule has 2 rings (SSSR count). The molecule has 0 aliphatic heterocycles. The monoisotopic (exact) mass is 300 g/mol. The number of hydrogen-bond donors (Lipinski definition) is 0. The second-order valence-corrected chi connectivity index (χ2v) is 5.35. The molecule has 5 heteroatoms. The van der Waals surface area contributed by atoms with Crippen molar-refractivity contribution in [2.75, 3.05) is 13.7 Å². The van der Waals surface area contributed by atoms with E-state index >= 15 is 0 Å². The van der Waals surface area contributed by atoms with Crippen LogP contribution in [0.5, 0.6) is 0 Å². The van der Waals surface area contributed by atoms with Crippen LogP contribution >= 0.6 is 15.9 Å². The molecule has 1 aliphatic rings. The number of carbonyl (C=O) groups excluding carboxylic acids is 1. The van der Waals surface area contributed by atoms with Gasteiger partial charge in [0.05, 0.1) is 29.5 Å². The normalized spacial score (nSPS) is 24.5. The van der Waals surface area contributed by atoms with Crippen molar-refractivity contribution in [1.82, 2.24) is 9.78 Å². The lowest BCUT2D eigenvalue weighted by atomic mass is 9.94. The minimum atomic E-state index is 0.101. The predicted octanol–water partition coefficient (Wildman–Crippen LogP) is 2.37. The van der Waals surface area contributed by atoms with E-state index in [4.69, 9.17) is 4.74 Å². The third-order valence-electron chi connectivity index (χ3n) is 3.50. The Hall–Kier alpha value is -0.680. The third-order valence-corrected chi connectivity index (χ3v) is 4.12. The molecule has 1 aromatic heterocycles. The number of hydrogen-bond acceptors (Lipinski definition) is 3. The van der Waals surface area contributed by atoms with Gasteiger partial charge in [0, 0.05) is 25.4 Å². The third kappa shape index (κ3) is 2.45. The molecular formula is C12H17BrN2O2. The van der Waals surface area contributed by atoms with Gasteiger partial charge in [-0.25, -0.2) is 0 Å². The average molecular weight is 301 g/mol. The molecule has 17 heavy (non-hydrogen) atoms. The Morgan fingerprint density at radius 2 is 2.41 bits per heavy atom. The molecule has 0 radical (unpaired) electrons. The first-order valence-corrected chi connectivity index (χ1v) is 6.67. The van der Waals surface area contributed by atoms with Crippen LogP contribution in [0.1, 0.15) is 31.4 Å². The van der Waals surface area contributed by atoms with Crippen LogP contribution in [0.4, 0.5) is 0 Å². The van der Waals surface area contributed by atoms with Crippen LogP contribution < -0.4 is 0 Å². The van der Waals surface area contributed by atoms with Gasteiger partial charge in [-0.1, -0.05) is 6.92 Å². The molecule has 0 saturated heterocycles. The number of aromatic nitrogens is 2. The minimum absolute atomic E-state index is 0.101. The predicted molar refractivity (Wildman–Crippen MR) is 67.9 cm³/mol. The quantitative estimate of drug-likeness (QED) is 0.857. The Morgan fingerprint density at radius 1 is 1.65 bits per heavy atom. The SMILES string of the molecule is COCCn1ncc(Br)c1C1CCC(=O)C1C. The topological polar surface area (TPSA) is 44.1 Å². The first kappa shape index (κ1) is 12.8. The summed E-state index contributed by atoms with van der Waals surface area (Å²) in [4.78, 5) is 11.6. The van der Waals surface area contributed by atoms with Crippen molar-refractivity contribution in [2.45, 2.75) is 32.2 Å². The van der Waals surface area contributed by atoms with Crippen molar-refractivity contribution < 1.29 is 9.53 Å². The van der Waals surface area contributed by atoms with Crippen LogP contribution in [-0.2, 0) is 16.1 Å². The van der Waals surface area contributed by atoms with Crippen molar-refractivity contribution in [3.63, 3.8) is 0 Å². The maximum atomic E-state index is 11.6. The summed E-state index contributed by atoms with van der Waals surface area (Å²) in [5, 5.41) is 4.34. The highest BCUT2D eigenvalue weighted by Crippen LogP contribution is 2.39. The number of halogens is 1. The fourth-order valence-electron chi connectivity index (χ4n) is 2.47. The second-order valence-electron chi connectivity index (χ2n) is 4.49. The number of methoxy groups -OCH3 is 1. The number of rotatable bonds is 4. The van der Waals surface area contributed by atoms with Gasteiger partial charge < -0.3 is 4.74 Å². The van der Waals surface area contributed by atoms with Crippen LogP contribution in [0.3, 0.4) is 0 Å². The zero-order valence-corrected chi connectivity index (χ0v) is 11.7. The van der Waals surface area contributed by atoms with Crippen molar-refractivity contribution in [3.8, 4) is 0 Å². The van der Waals surface area contributed by atoms with E-state index in [1.54, 1.807) is 13.3 Å². The Balaban J connectivity index is 2.24. The largest absolute Gasteiger partial charge is 0.383 e. The number of ketones is 1. The summed E-state index contributed by atoms with van der Waals surface area (Å²) in [5.74, 6) is 0.752. The summed E-state index contributed by atoms with van der Waals surface area (Å²) in [5.41, 5.74) is 1.14. The van der Waals surface area contributed by atoms with E-state index in [9.17, 15) is 4.79 Å². The first-order chi connectivity index (χ1) is 8.15. The van der Waals surface area contributed by atoms with E-state index in [1.165, 1.54) is 0 Å². The minimum Gasteiger partial charge on any atom is -0.383 e. The highest BCUT2D eigenvalue weighted by atomic mass is 79.9. The summed E-state index contributed by atoms with van der Waals surface area (Å²) in [6, 6.07) is 0. The Bertz CT molecular complexity index is 417. The second kappa shape index (κ2) is 5.31. The molecule has 1 aliphatic carbocycles. The molecule has 0 aromatic carbocycles. The Labute approximate surface area is 109 Å². The molecule has 0 bridgehead atoms. The van der Waals surface area contributed by atoms with Gasteiger partial charge in [0.25, 0.3) is 0 Å². The van der Waals surface area contributed by atoms with Crippen LogP contribution in [0.2, 0.25) is 0 Å². The van der Waals surface area contributed by atoms with Gasteiger partial charge in [0.1, 0.15) is 5.78 Å². The van der Waals surface area contributed by atoms with Crippen LogP contribution in [-0.4, -0.2) is 29.3 Å². The maximum Gasteiger partial charge on any atom is 0.136 e. The van der Waals surface area contributed by atoms with E-state index in [2.05, 4.69) is 21.0 Å². The summed E-state index contributed by atoms with van der Waals surface area (Å²) in [7, 11) is 1.68.